The fraction of sp³-hybridized carbons (Fsp3) is 0.571. The molecule has 0 aromatic heterocycles. The van der Waals surface area contributed by atoms with Gasteiger partial charge < -0.3 is 5.73 Å². The Hall–Kier alpha value is -0.660. The van der Waals surface area contributed by atoms with Crippen molar-refractivity contribution >= 4 is 31.6 Å². The Morgan fingerprint density at radius 3 is 2.48 bits per heavy atom. The zero-order chi connectivity index (χ0) is 14.9. The number of halogens is 2. The van der Waals surface area contributed by atoms with Gasteiger partial charge in [-0.2, -0.15) is 0 Å². The van der Waals surface area contributed by atoms with E-state index < -0.39 is 15.8 Å². The molecule has 114 valence electrons. The monoisotopic (exact) mass is 374 g/mol. The first kappa shape index (κ1) is 14.0. The minimum Gasteiger partial charge on any atom is -0.399 e. The van der Waals surface area contributed by atoms with E-state index in [0.29, 0.717) is 23.7 Å². The van der Waals surface area contributed by atoms with E-state index in [-0.39, 0.29) is 21.1 Å². The average molecular weight is 375 g/mol. The molecule has 7 heteroatoms. The molecule has 3 fully saturated rings. The number of nitrogens with two attached hydrogens (primary N) is 1. The molecule has 3 N–H and O–H groups in total. The number of nitrogen functional groups attached to an aromatic ring is 1. The molecule has 3 aliphatic rings. The number of fused-ring (bicyclic) bond motifs is 5. The van der Waals surface area contributed by atoms with Gasteiger partial charge >= 0.3 is 0 Å². The summed E-state index contributed by atoms with van der Waals surface area (Å²) in [5, 5.41) is 0. The standard InChI is InChI=1S/C14H16BrFN2O2S/c15-9-4-8(17)5-10(13(9)16)21(19,20)18-14-11-6-1-2-7(3-6)12(11)14/h4-7,11-12,14,18H,1-3,17H2. The second-order valence-corrected chi connectivity index (χ2v) is 8.99. The molecule has 0 aliphatic heterocycles. The Balaban J connectivity index is 1.61. The van der Waals surface area contributed by atoms with Gasteiger partial charge in [-0.3, -0.25) is 0 Å². The first-order chi connectivity index (χ1) is 9.88. The van der Waals surface area contributed by atoms with Crippen LogP contribution < -0.4 is 10.5 Å². The van der Waals surface area contributed by atoms with E-state index in [2.05, 4.69) is 20.7 Å². The summed E-state index contributed by atoms with van der Waals surface area (Å²) in [6.07, 6.45) is 3.66. The lowest BCUT2D eigenvalue weighted by molar-refractivity contribution is 0.456. The number of hydrogen-bond donors (Lipinski definition) is 2. The predicted molar refractivity (Wildman–Crippen MR) is 80.4 cm³/mol. The third-order valence-electron chi connectivity index (χ3n) is 5.33. The van der Waals surface area contributed by atoms with Crippen molar-refractivity contribution in [2.45, 2.75) is 30.2 Å². The van der Waals surface area contributed by atoms with Crippen molar-refractivity contribution in [3.05, 3.63) is 22.4 Å². The van der Waals surface area contributed by atoms with E-state index in [1.54, 1.807) is 0 Å². The van der Waals surface area contributed by atoms with Gasteiger partial charge in [0.15, 0.2) is 5.82 Å². The quantitative estimate of drug-likeness (QED) is 0.798. The van der Waals surface area contributed by atoms with Gasteiger partial charge in [-0.15, -0.1) is 0 Å². The number of nitrogens with one attached hydrogen (secondary N) is 1. The van der Waals surface area contributed by atoms with Gasteiger partial charge in [0.2, 0.25) is 10.0 Å². The molecule has 3 saturated carbocycles. The maximum absolute atomic E-state index is 14.1. The molecule has 3 aliphatic carbocycles. The highest BCUT2D eigenvalue weighted by atomic mass is 79.9. The smallest absolute Gasteiger partial charge is 0.243 e. The van der Waals surface area contributed by atoms with Crippen LogP contribution in [0.25, 0.3) is 0 Å². The lowest BCUT2D eigenvalue weighted by Gasteiger charge is -2.12. The van der Waals surface area contributed by atoms with Crippen LogP contribution in [0.1, 0.15) is 19.3 Å². The first-order valence-electron chi connectivity index (χ1n) is 7.15. The largest absolute Gasteiger partial charge is 0.399 e. The Morgan fingerprint density at radius 2 is 1.86 bits per heavy atom. The summed E-state index contributed by atoms with van der Waals surface area (Å²) in [7, 11) is -3.87. The number of hydrogen-bond acceptors (Lipinski definition) is 3. The lowest BCUT2D eigenvalue weighted by atomic mass is 10.0. The second-order valence-electron chi connectivity index (χ2n) is 6.45. The van der Waals surface area contributed by atoms with Crippen LogP contribution in [0, 0.1) is 29.5 Å². The van der Waals surface area contributed by atoms with Crippen LogP contribution in [-0.2, 0) is 10.0 Å². The second kappa shape index (κ2) is 4.43. The maximum Gasteiger partial charge on any atom is 0.243 e. The Morgan fingerprint density at radius 1 is 1.24 bits per heavy atom. The van der Waals surface area contributed by atoms with E-state index in [1.165, 1.54) is 31.4 Å². The van der Waals surface area contributed by atoms with Crippen molar-refractivity contribution < 1.29 is 12.8 Å². The van der Waals surface area contributed by atoms with Crippen LogP contribution in [0.2, 0.25) is 0 Å². The molecule has 4 rings (SSSR count). The van der Waals surface area contributed by atoms with Gasteiger partial charge in [-0.25, -0.2) is 17.5 Å². The highest BCUT2D eigenvalue weighted by molar-refractivity contribution is 9.10. The van der Waals surface area contributed by atoms with Gasteiger partial charge in [0, 0.05) is 11.7 Å². The van der Waals surface area contributed by atoms with E-state index in [1.807, 2.05) is 0 Å². The van der Waals surface area contributed by atoms with Gasteiger partial charge in [0.05, 0.1) is 4.47 Å². The van der Waals surface area contributed by atoms with Crippen molar-refractivity contribution in [3.63, 3.8) is 0 Å². The topological polar surface area (TPSA) is 72.2 Å². The van der Waals surface area contributed by atoms with E-state index in [4.69, 9.17) is 5.73 Å². The van der Waals surface area contributed by atoms with Crippen LogP contribution in [0.15, 0.2) is 21.5 Å². The molecule has 0 amide bonds. The normalized spacial score (nSPS) is 36.8. The van der Waals surface area contributed by atoms with Gasteiger partial charge in [0.25, 0.3) is 0 Å². The average Bonchev–Trinajstić information content (AvgIpc) is 2.82. The summed E-state index contributed by atoms with van der Waals surface area (Å²) >= 11 is 3.00. The minimum absolute atomic E-state index is 0.0131. The van der Waals surface area contributed by atoms with Crippen molar-refractivity contribution in [3.8, 4) is 0 Å². The molecule has 4 atom stereocenters. The SMILES string of the molecule is Nc1cc(Br)c(F)c(S(=O)(=O)NC2C3C4CCC(C4)C23)c1. The fourth-order valence-corrected chi connectivity index (χ4v) is 6.55. The first-order valence-corrected chi connectivity index (χ1v) is 9.43. The Kier molecular flexibility index (Phi) is 2.94. The van der Waals surface area contributed by atoms with Gasteiger partial charge in [0.1, 0.15) is 4.90 Å². The molecule has 0 spiro atoms. The molecular weight excluding hydrogens is 359 g/mol. The lowest BCUT2D eigenvalue weighted by Crippen LogP contribution is -2.30. The van der Waals surface area contributed by atoms with Gasteiger partial charge in [-0.05, 0) is 71.0 Å². The van der Waals surface area contributed by atoms with Crippen molar-refractivity contribution in [1.82, 2.24) is 4.72 Å². The number of benzene rings is 1. The third kappa shape index (κ3) is 2.04. The van der Waals surface area contributed by atoms with Crippen molar-refractivity contribution in [2.24, 2.45) is 23.7 Å². The highest BCUT2D eigenvalue weighted by Gasteiger charge is 2.65. The highest BCUT2D eigenvalue weighted by Crippen LogP contribution is 2.65. The molecule has 1 aromatic rings. The van der Waals surface area contributed by atoms with Crippen LogP contribution >= 0.6 is 15.9 Å². The summed E-state index contributed by atoms with van der Waals surface area (Å²) in [6, 6.07) is 2.52. The van der Waals surface area contributed by atoms with E-state index >= 15 is 0 Å². The molecule has 4 nitrogen and oxygen atoms in total. The maximum atomic E-state index is 14.1. The van der Waals surface area contributed by atoms with Crippen LogP contribution in [-0.4, -0.2) is 14.5 Å². The predicted octanol–water partition coefficient (Wildman–Crippen LogP) is 2.49. The van der Waals surface area contributed by atoms with E-state index in [9.17, 15) is 12.8 Å². The number of anilines is 1. The van der Waals surface area contributed by atoms with E-state index in [0.717, 1.165) is 0 Å². The summed E-state index contributed by atoms with van der Waals surface area (Å²) in [5.74, 6) is 1.46. The molecule has 2 bridgehead atoms. The molecule has 21 heavy (non-hydrogen) atoms. The summed E-state index contributed by atoms with van der Waals surface area (Å²) < 4.78 is 41.7. The van der Waals surface area contributed by atoms with Crippen LogP contribution in [0.4, 0.5) is 10.1 Å². The summed E-state index contributed by atoms with van der Waals surface area (Å²) in [4.78, 5) is -0.369. The minimum atomic E-state index is -3.87. The Bertz CT molecular complexity index is 708. The number of sulfonamides is 1. The fourth-order valence-electron chi connectivity index (χ4n) is 4.51. The third-order valence-corrected chi connectivity index (χ3v) is 7.37. The molecule has 0 saturated heterocycles. The number of rotatable bonds is 3. The molecule has 1 aromatic carbocycles. The van der Waals surface area contributed by atoms with Crippen molar-refractivity contribution in [2.75, 3.05) is 5.73 Å². The Labute approximate surface area is 131 Å². The van der Waals surface area contributed by atoms with Gasteiger partial charge in [-0.1, -0.05) is 0 Å². The zero-order valence-electron chi connectivity index (χ0n) is 11.2. The molecule has 0 radical (unpaired) electrons. The van der Waals surface area contributed by atoms with Crippen LogP contribution in [0.3, 0.4) is 0 Å². The van der Waals surface area contributed by atoms with Crippen molar-refractivity contribution in [1.29, 1.82) is 0 Å². The summed E-state index contributed by atoms with van der Waals surface area (Å²) in [5.41, 5.74) is 5.85. The van der Waals surface area contributed by atoms with Crippen LogP contribution in [0.5, 0.6) is 0 Å². The molecular formula is C14H16BrFN2O2S. The summed E-state index contributed by atoms with van der Waals surface area (Å²) in [6.45, 7) is 0. The zero-order valence-corrected chi connectivity index (χ0v) is 13.6. The molecule has 0 heterocycles. The molecule has 4 unspecified atom stereocenters.